The van der Waals surface area contributed by atoms with Gasteiger partial charge in [-0.15, -0.1) is 0 Å². The number of aryl methyl sites for hydroxylation is 1. The Hall–Kier alpha value is -1.61. The number of nitrogens with zero attached hydrogens (tertiary/aromatic N) is 2. The third-order valence-corrected chi connectivity index (χ3v) is 2.73. The molecule has 0 aliphatic heterocycles. The third-order valence-electron chi connectivity index (χ3n) is 2.73. The van der Waals surface area contributed by atoms with Crippen molar-refractivity contribution >= 4 is 0 Å². The van der Waals surface area contributed by atoms with Gasteiger partial charge in [-0.1, -0.05) is 25.1 Å². The third kappa shape index (κ3) is 2.94. The molecule has 90 valence electrons. The summed E-state index contributed by atoms with van der Waals surface area (Å²) < 4.78 is 2.00. The molecule has 0 aliphatic rings. The average molecular weight is 229 g/mol. The van der Waals surface area contributed by atoms with Crippen LogP contribution in [0, 0.1) is 0 Å². The lowest BCUT2D eigenvalue weighted by molar-refractivity contribution is 0.603. The van der Waals surface area contributed by atoms with Crippen molar-refractivity contribution in [1.29, 1.82) is 0 Å². The molecule has 0 unspecified atom stereocenters. The lowest BCUT2D eigenvalue weighted by Crippen LogP contribution is -2.04. The summed E-state index contributed by atoms with van der Waals surface area (Å²) in [7, 11) is 1.96. The second kappa shape index (κ2) is 5.64. The van der Waals surface area contributed by atoms with Gasteiger partial charge in [-0.3, -0.25) is 4.68 Å². The predicted molar refractivity (Wildman–Crippen MR) is 70.7 cm³/mol. The minimum absolute atomic E-state index is 0.900. The molecule has 1 aromatic carbocycles. The molecule has 0 bridgehead atoms. The minimum Gasteiger partial charge on any atom is -0.316 e. The summed E-state index contributed by atoms with van der Waals surface area (Å²) in [6, 6.07) is 8.58. The van der Waals surface area contributed by atoms with Gasteiger partial charge in [-0.05, 0) is 30.7 Å². The van der Waals surface area contributed by atoms with E-state index in [4.69, 9.17) is 0 Å². The summed E-state index contributed by atoms with van der Waals surface area (Å²) in [5.74, 6) is 0. The first kappa shape index (κ1) is 11.9. The molecule has 2 aromatic rings. The monoisotopic (exact) mass is 229 g/mol. The molecule has 0 fully saturated rings. The zero-order valence-corrected chi connectivity index (χ0v) is 10.5. The number of nitrogens with one attached hydrogen (secondary N) is 1. The van der Waals surface area contributed by atoms with Crippen molar-refractivity contribution in [1.82, 2.24) is 15.1 Å². The van der Waals surface area contributed by atoms with Gasteiger partial charge in [-0.2, -0.15) is 5.10 Å². The molecule has 0 amide bonds. The number of aromatic nitrogens is 2. The molecule has 0 radical (unpaired) electrons. The maximum Gasteiger partial charge on any atom is 0.0568 e. The molecular formula is C14H19N3. The summed E-state index contributed by atoms with van der Waals surface area (Å²) in [5, 5.41) is 7.53. The highest BCUT2D eigenvalue weighted by atomic mass is 15.3. The predicted octanol–water partition coefficient (Wildman–Crippen LogP) is 2.68. The van der Waals surface area contributed by atoms with Crippen molar-refractivity contribution in [2.75, 3.05) is 7.05 Å². The van der Waals surface area contributed by atoms with Crippen LogP contribution in [0.25, 0.3) is 11.1 Å². The SMILES string of the molecule is CCCn1cc(-c2cccc(CNC)c2)cn1. The highest BCUT2D eigenvalue weighted by Gasteiger charge is 2.02. The Balaban J connectivity index is 2.22. The summed E-state index contributed by atoms with van der Waals surface area (Å²) in [6.07, 6.45) is 5.16. The molecule has 1 heterocycles. The van der Waals surface area contributed by atoms with Crippen LogP contribution in [0.4, 0.5) is 0 Å². The van der Waals surface area contributed by atoms with Crippen molar-refractivity contribution in [3.63, 3.8) is 0 Å². The topological polar surface area (TPSA) is 29.9 Å². The van der Waals surface area contributed by atoms with Gasteiger partial charge >= 0.3 is 0 Å². The van der Waals surface area contributed by atoms with Crippen molar-refractivity contribution in [2.45, 2.75) is 26.4 Å². The van der Waals surface area contributed by atoms with Gasteiger partial charge in [0.15, 0.2) is 0 Å². The molecule has 0 atom stereocenters. The molecule has 0 aliphatic carbocycles. The lowest BCUT2D eigenvalue weighted by Gasteiger charge is -2.02. The maximum atomic E-state index is 4.36. The highest BCUT2D eigenvalue weighted by Crippen LogP contribution is 2.19. The van der Waals surface area contributed by atoms with E-state index in [2.05, 4.69) is 47.8 Å². The van der Waals surface area contributed by atoms with E-state index in [0.717, 1.165) is 19.5 Å². The van der Waals surface area contributed by atoms with Gasteiger partial charge in [0.2, 0.25) is 0 Å². The van der Waals surface area contributed by atoms with Gasteiger partial charge in [0, 0.05) is 24.8 Å². The van der Waals surface area contributed by atoms with Crippen LogP contribution >= 0.6 is 0 Å². The fourth-order valence-electron chi connectivity index (χ4n) is 1.93. The van der Waals surface area contributed by atoms with Crippen LogP contribution < -0.4 is 5.32 Å². The second-order valence-corrected chi connectivity index (χ2v) is 4.22. The minimum atomic E-state index is 0.900. The standard InChI is InChI=1S/C14H19N3/c1-3-7-17-11-14(10-16-17)13-6-4-5-12(8-13)9-15-2/h4-6,8,10-11,15H,3,7,9H2,1-2H3. The van der Waals surface area contributed by atoms with Crippen LogP contribution in [0.3, 0.4) is 0 Å². The van der Waals surface area contributed by atoms with Crippen LogP contribution in [0.5, 0.6) is 0 Å². The zero-order valence-electron chi connectivity index (χ0n) is 10.5. The van der Waals surface area contributed by atoms with Gasteiger partial charge in [-0.25, -0.2) is 0 Å². The van der Waals surface area contributed by atoms with E-state index in [1.807, 2.05) is 17.9 Å². The van der Waals surface area contributed by atoms with Crippen molar-refractivity contribution in [2.24, 2.45) is 0 Å². The molecular weight excluding hydrogens is 210 g/mol. The Morgan fingerprint density at radius 2 is 2.18 bits per heavy atom. The highest BCUT2D eigenvalue weighted by molar-refractivity contribution is 5.62. The van der Waals surface area contributed by atoms with Crippen LogP contribution in [-0.4, -0.2) is 16.8 Å². The van der Waals surface area contributed by atoms with E-state index >= 15 is 0 Å². The van der Waals surface area contributed by atoms with E-state index in [-0.39, 0.29) is 0 Å². The smallest absolute Gasteiger partial charge is 0.0568 e. The largest absolute Gasteiger partial charge is 0.316 e. The molecule has 1 aromatic heterocycles. The molecule has 17 heavy (non-hydrogen) atoms. The summed E-state index contributed by atoms with van der Waals surface area (Å²) in [5.41, 5.74) is 3.73. The quantitative estimate of drug-likeness (QED) is 0.854. The van der Waals surface area contributed by atoms with E-state index in [0.29, 0.717) is 0 Å². The first-order valence-corrected chi connectivity index (χ1v) is 6.10. The first-order chi connectivity index (χ1) is 8.33. The first-order valence-electron chi connectivity index (χ1n) is 6.10. The number of hydrogen-bond donors (Lipinski definition) is 1. The fourth-order valence-corrected chi connectivity index (χ4v) is 1.93. The summed E-state index contributed by atoms with van der Waals surface area (Å²) >= 11 is 0. The van der Waals surface area contributed by atoms with Crippen molar-refractivity contribution in [3.05, 3.63) is 42.2 Å². The molecule has 1 N–H and O–H groups in total. The average Bonchev–Trinajstić information content (AvgIpc) is 2.79. The number of hydrogen-bond acceptors (Lipinski definition) is 2. The van der Waals surface area contributed by atoms with Crippen molar-refractivity contribution < 1.29 is 0 Å². The molecule has 0 saturated heterocycles. The summed E-state index contributed by atoms with van der Waals surface area (Å²) in [6.45, 7) is 4.04. The van der Waals surface area contributed by atoms with E-state index in [1.165, 1.54) is 16.7 Å². The van der Waals surface area contributed by atoms with Crippen LogP contribution in [0.2, 0.25) is 0 Å². The lowest BCUT2D eigenvalue weighted by atomic mass is 10.1. The van der Waals surface area contributed by atoms with E-state index < -0.39 is 0 Å². The van der Waals surface area contributed by atoms with E-state index in [9.17, 15) is 0 Å². The van der Waals surface area contributed by atoms with Gasteiger partial charge in [0.25, 0.3) is 0 Å². The van der Waals surface area contributed by atoms with Gasteiger partial charge in [0.05, 0.1) is 6.20 Å². The van der Waals surface area contributed by atoms with Crippen LogP contribution in [0.15, 0.2) is 36.7 Å². The molecule has 0 spiro atoms. The number of rotatable bonds is 5. The Morgan fingerprint density at radius 3 is 2.94 bits per heavy atom. The van der Waals surface area contributed by atoms with Crippen LogP contribution in [-0.2, 0) is 13.1 Å². The molecule has 3 nitrogen and oxygen atoms in total. The van der Waals surface area contributed by atoms with Crippen LogP contribution in [0.1, 0.15) is 18.9 Å². The Morgan fingerprint density at radius 1 is 1.29 bits per heavy atom. The zero-order chi connectivity index (χ0) is 12.1. The Bertz CT molecular complexity index is 474. The Labute approximate surface area is 102 Å². The van der Waals surface area contributed by atoms with Crippen molar-refractivity contribution in [3.8, 4) is 11.1 Å². The molecule has 3 heteroatoms. The molecule has 2 rings (SSSR count). The second-order valence-electron chi connectivity index (χ2n) is 4.22. The summed E-state index contributed by atoms with van der Waals surface area (Å²) in [4.78, 5) is 0. The maximum absolute atomic E-state index is 4.36. The Kier molecular flexibility index (Phi) is 3.94. The molecule has 0 saturated carbocycles. The normalized spacial score (nSPS) is 10.7. The fraction of sp³-hybridized carbons (Fsp3) is 0.357. The van der Waals surface area contributed by atoms with Gasteiger partial charge in [0.1, 0.15) is 0 Å². The van der Waals surface area contributed by atoms with E-state index in [1.54, 1.807) is 0 Å². The number of benzene rings is 1. The van der Waals surface area contributed by atoms with Gasteiger partial charge < -0.3 is 5.32 Å².